The molecule has 0 fully saturated rings. The SMILES string of the molecule is Cc1cc(Cl)cc2nc(-c3cc(N)ccc3F)oc12. The maximum Gasteiger partial charge on any atom is 0.230 e. The van der Waals surface area contributed by atoms with E-state index >= 15 is 0 Å². The Labute approximate surface area is 113 Å². The van der Waals surface area contributed by atoms with Crippen molar-refractivity contribution in [2.75, 3.05) is 5.73 Å². The number of nitrogens with two attached hydrogens (primary N) is 1. The molecule has 0 saturated carbocycles. The van der Waals surface area contributed by atoms with Gasteiger partial charge in [0.2, 0.25) is 5.89 Å². The lowest BCUT2D eigenvalue weighted by Crippen LogP contribution is -1.89. The zero-order chi connectivity index (χ0) is 13.6. The van der Waals surface area contributed by atoms with E-state index in [9.17, 15) is 4.39 Å². The van der Waals surface area contributed by atoms with E-state index in [1.807, 2.05) is 6.92 Å². The Morgan fingerprint density at radius 2 is 2.05 bits per heavy atom. The van der Waals surface area contributed by atoms with Crippen LogP contribution in [0.4, 0.5) is 10.1 Å². The predicted molar refractivity (Wildman–Crippen MR) is 73.6 cm³/mol. The molecule has 0 atom stereocenters. The van der Waals surface area contributed by atoms with Crippen molar-refractivity contribution in [1.82, 2.24) is 4.98 Å². The number of nitrogens with zero attached hydrogens (tertiary/aromatic N) is 1. The third-order valence-electron chi connectivity index (χ3n) is 2.86. The van der Waals surface area contributed by atoms with E-state index in [2.05, 4.69) is 4.98 Å². The molecule has 0 bridgehead atoms. The summed E-state index contributed by atoms with van der Waals surface area (Å²) >= 11 is 5.96. The molecule has 3 nitrogen and oxygen atoms in total. The smallest absolute Gasteiger partial charge is 0.230 e. The van der Waals surface area contributed by atoms with Gasteiger partial charge in [0.05, 0.1) is 5.56 Å². The Bertz CT molecular complexity index is 782. The first-order valence-electron chi connectivity index (χ1n) is 5.66. The molecule has 19 heavy (non-hydrogen) atoms. The molecule has 96 valence electrons. The summed E-state index contributed by atoms with van der Waals surface area (Å²) < 4.78 is 19.4. The predicted octanol–water partition coefficient (Wildman–Crippen LogP) is 4.18. The monoisotopic (exact) mass is 276 g/mol. The lowest BCUT2D eigenvalue weighted by atomic mass is 10.2. The maximum atomic E-state index is 13.8. The average molecular weight is 277 g/mol. The van der Waals surface area contributed by atoms with E-state index in [1.165, 1.54) is 18.2 Å². The van der Waals surface area contributed by atoms with E-state index in [4.69, 9.17) is 21.8 Å². The van der Waals surface area contributed by atoms with Crippen molar-refractivity contribution in [2.24, 2.45) is 0 Å². The molecule has 5 heteroatoms. The fourth-order valence-corrected chi connectivity index (χ4v) is 2.25. The number of hydrogen-bond donors (Lipinski definition) is 1. The summed E-state index contributed by atoms with van der Waals surface area (Å²) in [6, 6.07) is 7.73. The third-order valence-corrected chi connectivity index (χ3v) is 3.08. The molecular weight excluding hydrogens is 267 g/mol. The van der Waals surface area contributed by atoms with E-state index in [-0.39, 0.29) is 11.5 Å². The molecule has 0 aliphatic carbocycles. The molecule has 3 rings (SSSR count). The summed E-state index contributed by atoms with van der Waals surface area (Å²) in [4.78, 5) is 4.26. The number of halogens is 2. The van der Waals surface area contributed by atoms with Gasteiger partial charge < -0.3 is 10.2 Å². The summed E-state index contributed by atoms with van der Waals surface area (Å²) in [5, 5.41) is 0.567. The average Bonchev–Trinajstić information content (AvgIpc) is 2.76. The Kier molecular flexibility index (Phi) is 2.68. The molecule has 1 aromatic heterocycles. The third kappa shape index (κ3) is 2.04. The molecule has 1 heterocycles. The number of nitrogen functional groups attached to an aromatic ring is 1. The van der Waals surface area contributed by atoms with E-state index in [0.717, 1.165) is 5.56 Å². The van der Waals surface area contributed by atoms with Crippen molar-refractivity contribution in [3.05, 3.63) is 46.7 Å². The minimum atomic E-state index is -0.426. The van der Waals surface area contributed by atoms with Gasteiger partial charge in [0.1, 0.15) is 11.3 Å². The van der Waals surface area contributed by atoms with Gasteiger partial charge in [-0.2, -0.15) is 0 Å². The molecule has 0 radical (unpaired) electrons. The molecule has 2 aromatic carbocycles. The van der Waals surface area contributed by atoms with Crippen LogP contribution >= 0.6 is 11.6 Å². The summed E-state index contributed by atoms with van der Waals surface area (Å²) in [5.41, 5.74) is 8.40. The largest absolute Gasteiger partial charge is 0.436 e. The van der Waals surface area contributed by atoms with Crippen LogP contribution in [0.25, 0.3) is 22.6 Å². The van der Waals surface area contributed by atoms with Gasteiger partial charge in [-0.15, -0.1) is 0 Å². The van der Waals surface area contributed by atoms with Crippen LogP contribution in [0.5, 0.6) is 0 Å². The number of oxazole rings is 1. The normalized spacial score (nSPS) is 11.1. The number of hydrogen-bond acceptors (Lipinski definition) is 3. The Morgan fingerprint density at radius 1 is 1.26 bits per heavy atom. The van der Waals surface area contributed by atoms with Crippen LogP contribution in [-0.4, -0.2) is 4.98 Å². The van der Waals surface area contributed by atoms with Crippen molar-refractivity contribution in [3.63, 3.8) is 0 Å². The zero-order valence-electron chi connectivity index (χ0n) is 10.1. The Morgan fingerprint density at radius 3 is 2.84 bits per heavy atom. The second-order valence-corrected chi connectivity index (χ2v) is 4.77. The standard InChI is InChI=1S/C14H10ClFN2O/c1-7-4-8(15)5-12-13(7)19-14(18-12)10-6-9(17)2-3-11(10)16/h2-6H,17H2,1H3. The molecule has 2 N–H and O–H groups in total. The van der Waals surface area contributed by atoms with Crippen molar-refractivity contribution in [2.45, 2.75) is 6.92 Å². The van der Waals surface area contributed by atoms with E-state index in [0.29, 0.717) is 21.8 Å². The number of anilines is 1. The summed E-state index contributed by atoms with van der Waals surface area (Å²) in [7, 11) is 0. The van der Waals surface area contributed by atoms with Crippen LogP contribution < -0.4 is 5.73 Å². The lowest BCUT2D eigenvalue weighted by molar-refractivity contribution is 0.592. The number of fused-ring (bicyclic) bond motifs is 1. The van der Waals surface area contributed by atoms with Crippen LogP contribution in [0.2, 0.25) is 5.02 Å². The Hall–Kier alpha value is -2.07. The van der Waals surface area contributed by atoms with E-state index in [1.54, 1.807) is 12.1 Å². The highest BCUT2D eigenvalue weighted by Gasteiger charge is 2.14. The first kappa shape index (κ1) is 12.0. The quantitative estimate of drug-likeness (QED) is 0.678. The first-order chi connectivity index (χ1) is 9.04. The molecule has 0 unspecified atom stereocenters. The van der Waals surface area contributed by atoms with Crippen LogP contribution in [0.3, 0.4) is 0 Å². The van der Waals surface area contributed by atoms with Gasteiger partial charge in [-0.05, 0) is 42.8 Å². The maximum absolute atomic E-state index is 13.8. The first-order valence-corrected chi connectivity index (χ1v) is 6.04. The molecule has 0 saturated heterocycles. The van der Waals surface area contributed by atoms with Gasteiger partial charge in [-0.1, -0.05) is 11.6 Å². The van der Waals surface area contributed by atoms with Crippen LogP contribution in [0.15, 0.2) is 34.7 Å². The van der Waals surface area contributed by atoms with Gasteiger partial charge >= 0.3 is 0 Å². The number of aryl methyl sites for hydroxylation is 1. The minimum Gasteiger partial charge on any atom is -0.436 e. The van der Waals surface area contributed by atoms with Crippen molar-refractivity contribution in [1.29, 1.82) is 0 Å². The van der Waals surface area contributed by atoms with Crippen molar-refractivity contribution >= 4 is 28.4 Å². The van der Waals surface area contributed by atoms with Crippen molar-refractivity contribution < 1.29 is 8.81 Å². The zero-order valence-corrected chi connectivity index (χ0v) is 10.8. The van der Waals surface area contributed by atoms with Gasteiger partial charge in [0, 0.05) is 10.7 Å². The summed E-state index contributed by atoms with van der Waals surface area (Å²) in [6.07, 6.45) is 0. The summed E-state index contributed by atoms with van der Waals surface area (Å²) in [5.74, 6) is -0.227. The molecule has 0 amide bonds. The molecule has 3 aromatic rings. The minimum absolute atomic E-state index is 0.199. The second kappa shape index (κ2) is 4.24. The van der Waals surface area contributed by atoms with Gasteiger partial charge in [-0.25, -0.2) is 9.37 Å². The highest BCUT2D eigenvalue weighted by Crippen LogP contribution is 2.30. The highest BCUT2D eigenvalue weighted by atomic mass is 35.5. The number of benzene rings is 2. The number of rotatable bonds is 1. The molecular formula is C14H10ClFN2O. The fourth-order valence-electron chi connectivity index (χ4n) is 1.98. The highest BCUT2D eigenvalue weighted by molar-refractivity contribution is 6.31. The molecule has 0 spiro atoms. The topological polar surface area (TPSA) is 52.0 Å². The van der Waals surface area contributed by atoms with Crippen molar-refractivity contribution in [3.8, 4) is 11.5 Å². The van der Waals surface area contributed by atoms with Crippen LogP contribution in [0, 0.1) is 12.7 Å². The Balaban J connectivity index is 2.26. The van der Waals surface area contributed by atoms with Gasteiger partial charge in [0.25, 0.3) is 0 Å². The number of aromatic nitrogens is 1. The fraction of sp³-hybridized carbons (Fsp3) is 0.0714. The molecule has 0 aliphatic heterocycles. The van der Waals surface area contributed by atoms with Crippen LogP contribution in [0.1, 0.15) is 5.56 Å². The lowest BCUT2D eigenvalue weighted by Gasteiger charge is -1.99. The van der Waals surface area contributed by atoms with Gasteiger partial charge in [0.15, 0.2) is 5.58 Å². The van der Waals surface area contributed by atoms with Crippen LogP contribution in [-0.2, 0) is 0 Å². The van der Waals surface area contributed by atoms with E-state index < -0.39 is 5.82 Å². The molecule has 0 aliphatic rings. The second-order valence-electron chi connectivity index (χ2n) is 4.33. The van der Waals surface area contributed by atoms with Gasteiger partial charge in [-0.3, -0.25) is 0 Å². The summed E-state index contributed by atoms with van der Waals surface area (Å²) in [6.45, 7) is 1.86.